The zero-order chi connectivity index (χ0) is 19.6. The zero-order valence-corrected chi connectivity index (χ0v) is 15.6. The predicted octanol–water partition coefficient (Wildman–Crippen LogP) is 3.71. The summed E-state index contributed by atoms with van der Waals surface area (Å²) in [7, 11) is 0. The number of carbonyl (C=O) groups excluding carboxylic acids is 1. The topological polar surface area (TPSA) is 85.8 Å². The molecule has 0 aliphatic heterocycles. The molecule has 0 aliphatic rings. The minimum absolute atomic E-state index is 0.0199. The van der Waals surface area contributed by atoms with E-state index < -0.39 is 22.8 Å². The second kappa shape index (κ2) is 7.93. The predicted molar refractivity (Wildman–Crippen MR) is 101 cm³/mol. The van der Waals surface area contributed by atoms with Crippen LogP contribution in [0.3, 0.4) is 0 Å². The third-order valence-electron chi connectivity index (χ3n) is 3.59. The van der Waals surface area contributed by atoms with E-state index in [2.05, 4.69) is 15.5 Å². The van der Waals surface area contributed by atoms with Crippen molar-refractivity contribution in [2.75, 3.05) is 11.2 Å². The van der Waals surface area contributed by atoms with Gasteiger partial charge in [-0.1, -0.05) is 35.5 Å². The molecule has 10 heteroatoms. The molecular formula is C17H14ClF2N5OS. The molecule has 0 unspecified atom stereocenters. The molecule has 3 rings (SSSR count). The summed E-state index contributed by atoms with van der Waals surface area (Å²) < 4.78 is 28.4. The van der Waals surface area contributed by atoms with Crippen LogP contribution in [0.1, 0.15) is 6.92 Å². The van der Waals surface area contributed by atoms with E-state index in [-0.39, 0.29) is 21.7 Å². The maximum absolute atomic E-state index is 13.8. The quantitative estimate of drug-likeness (QED) is 0.495. The summed E-state index contributed by atoms with van der Waals surface area (Å²) in [6, 6.07) is 9.71. The Balaban J connectivity index is 1.72. The van der Waals surface area contributed by atoms with E-state index in [4.69, 9.17) is 17.4 Å². The number of aromatic nitrogens is 3. The van der Waals surface area contributed by atoms with Gasteiger partial charge in [0.1, 0.15) is 11.6 Å². The number of nitrogens with two attached hydrogens (primary N) is 1. The summed E-state index contributed by atoms with van der Waals surface area (Å²) in [4.78, 5) is 12.3. The molecule has 3 N–H and O–H groups in total. The number of nitrogen functional groups attached to an aromatic ring is 1. The zero-order valence-electron chi connectivity index (χ0n) is 14.0. The van der Waals surface area contributed by atoms with E-state index in [0.29, 0.717) is 5.56 Å². The molecule has 0 saturated heterocycles. The summed E-state index contributed by atoms with van der Waals surface area (Å²) in [6.45, 7) is 1.62. The second-order valence-corrected chi connectivity index (χ2v) is 7.30. The minimum atomic E-state index is -0.646. The number of nitrogens with one attached hydrogen (secondary N) is 1. The van der Waals surface area contributed by atoms with Crippen LogP contribution in [0.15, 0.2) is 47.6 Å². The molecule has 140 valence electrons. The van der Waals surface area contributed by atoms with Crippen LogP contribution < -0.4 is 11.2 Å². The number of nitrogens with zero attached hydrogens (tertiary/aromatic N) is 3. The van der Waals surface area contributed by atoms with Gasteiger partial charge in [-0.15, -0.1) is 10.2 Å². The number of thioether (sulfide) groups is 1. The van der Waals surface area contributed by atoms with Gasteiger partial charge in [0.2, 0.25) is 11.1 Å². The largest absolute Gasteiger partial charge is 0.335 e. The van der Waals surface area contributed by atoms with E-state index in [9.17, 15) is 13.6 Å². The molecule has 0 spiro atoms. The molecular weight excluding hydrogens is 396 g/mol. The number of amides is 1. The SMILES string of the molecule is C[C@H](Sc1nnc(-c2cccc(F)c2)n1N)C(=O)Nc1ccc(Cl)cc1F. The first-order valence-corrected chi connectivity index (χ1v) is 9.00. The van der Waals surface area contributed by atoms with E-state index in [1.807, 2.05) is 0 Å². The van der Waals surface area contributed by atoms with Gasteiger partial charge in [0.15, 0.2) is 5.82 Å². The van der Waals surface area contributed by atoms with Crippen LogP contribution in [0.25, 0.3) is 11.4 Å². The third kappa shape index (κ3) is 4.37. The Hall–Kier alpha value is -2.65. The summed E-state index contributed by atoms with van der Waals surface area (Å²) >= 11 is 6.73. The number of hydrogen-bond donors (Lipinski definition) is 2. The van der Waals surface area contributed by atoms with Crippen molar-refractivity contribution in [3.05, 3.63) is 59.1 Å². The highest BCUT2D eigenvalue weighted by atomic mass is 35.5. The van der Waals surface area contributed by atoms with Crippen molar-refractivity contribution >= 4 is 35.0 Å². The van der Waals surface area contributed by atoms with Crippen LogP contribution >= 0.6 is 23.4 Å². The number of rotatable bonds is 5. The van der Waals surface area contributed by atoms with Gasteiger partial charge in [-0.3, -0.25) is 4.79 Å². The maximum atomic E-state index is 13.8. The molecule has 2 aromatic carbocycles. The Morgan fingerprint density at radius 1 is 1.26 bits per heavy atom. The number of hydrogen-bond acceptors (Lipinski definition) is 5. The lowest BCUT2D eigenvalue weighted by atomic mass is 10.2. The Morgan fingerprint density at radius 3 is 2.74 bits per heavy atom. The van der Waals surface area contributed by atoms with Crippen molar-refractivity contribution in [1.29, 1.82) is 0 Å². The molecule has 27 heavy (non-hydrogen) atoms. The van der Waals surface area contributed by atoms with Crippen LogP contribution in [-0.4, -0.2) is 26.0 Å². The van der Waals surface area contributed by atoms with Crippen LogP contribution in [0.2, 0.25) is 5.02 Å². The number of carbonyl (C=O) groups is 1. The van der Waals surface area contributed by atoms with Crippen molar-refractivity contribution in [3.8, 4) is 11.4 Å². The average molecular weight is 410 g/mol. The number of halogens is 3. The highest BCUT2D eigenvalue weighted by molar-refractivity contribution is 8.00. The van der Waals surface area contributed by atoms with Gasteiger partial charge in [0.05, 0.1) is 10.9 Å². The fourth-order valence-corrected chi connectivity index (χ4v) is 3.15. The van der Waals surface area contributed by atoms with Gasteiger partial charge in [-0.2, -0.15) is 0 Å². The van der Waals surface area contributed by atoms with Gasteiger partial charge in [0.25, 0.3) is 0 Å². The van der Waals surface area contributed by atoms with Crippen LogP contribution in [0, 0.1) is 11.6 Å². The molecule has 1 amide bonds. The first-order valence-electron chi connectivity index (χ1n) is 7.74. The van der Waals surface area contributed by atoms with E-state index in [1.165, 1.54) is 35.0 Å². The normalized spacial score (nSPS) is 12.0. The molecule has 6 nitrogen and oxygen atoms in total. The van der Waals surface area contributed by atoms with E-state index in [1.54, 1.807) is 13.0 Å². The Bertz CT molecular complexity index is 997. The Morgan fingerprint density at radius 2 is 2.04 bits per heavy atom. The third-order valence-corrected chi connectivity index (χ3v) is 4.88. The van der Waals surface area contributed by atoms with Crippen LogP contribution in [0.5, 0.6) is 0 Å². The van der Waals surface area contributed by atoms with Crippen molar-refractivity contribution in [2.24, 2.45) is 0 Å². The first kappa shape index (κ1) is 19.1. The lowest BCUT2D eigenvalue weighted by Gasteiger charge is -2.12. The summed E-state index contributed by atoms with van der Waals surface area (Å²) in [5, 5.41) is 10.2. The van der Waals surface area contributed by atoms with E-state index in [0.717, 1.165) is 17.8 Å². The van der Waals surface area contributed by atoms with Gasteiger partial charge < -0.3 is 11.2 Å². The molecule has 0 radical (unpaired) electrons. The van der Waals surface area contributed by atoms with Crippen LogP contribution in [-0.2, 0) is 4.79 Å². The Kier molecular flexibility index (Phi) is 5.62. The maximum Gasteiger partial charge on any atom is 0.237 e. The van der Waals surface area contributed by atoms with Crippen molar-refractivity contribution in [2.45, 2.75) is 17.3 Å². The second-order valence-electron chi connectivity index (χ2n) is 5.56. The molecule has 1 aromatic heterocycles. The number of benzene rings is 2. The fourth-order valence-electron chi connectivity index (χ4n) is 2.22. The molecule has 0 saturated carbocycles. The smallest absolute Gasteiger partial charge is 0.237 e. The summed E-state index contributed by atoms with van der Waals surface area (Å²) in [5.74, 6) is 4.72. The standard InChI is InChI=1S/C17H14ClF2N5OS/c1-9(16(26)22-14-6-5-11(18)8-13(14)20)27-17-24-23-15(25(17)21)10-3-2-4-12(19)7-10/h2-9H,21H2,1H3,(H,22,26)/t9-/m0/s1. The average Bonchev–Trinajstić information content (AvgIpc) is 2.98. The molecule has 1 atom stereocenters. The highest BCUT2D eigenvalue weighted by Crippen LogP contribution is 2.26. The van der Waals surface area contributed by atoms with Gasteiger partial charge in [-0.25, -0.2) is 13.5 Å². The van der Waals surface area contributed by atoms with Crippen molar-refractivity contribution < 1.29 is 13.6 Å². The van der Waals surface area contributed by atoms with Gasteiger partial charge in [-0.05, 0) is 37.3 Å². The van der Waals surface area contributed by atoms with Gasteiger partial charge in [0, 0.05) is 10.6 Å². The summed E-state index contributed by atoms with van der Waals surface area (Å²) in [5.41, 5.74) is 0.476. The Labute approximate surface area is 162 Å². The fraction of sp³-hybridized carbons (Fsp3) is 0.118. The molecule has 0 aliphatic carbocycles. The van der Waals surface area contributed by atoms with Crippen molar-refractivity contribution in [3.63, 3.8) is 0 Å². The minimum Gasteiger partial charge on any atom is -0.335 e. The lowest BCUT2D eigenvalue weighted by molar-refractivity contribution is -0.115. The van der Waals surface area contributed by atoms with E-state index >= 15 is 0 Å². The van der Waals surface area contributed by atoms with Gasteiger partial charge >= 0.3 is 0 Å². The lowest BCUT2D eigenvalue weighted by Crippen LogP contribution is -2.24. The molecule has 0 fully saturated rings. The summed E-state index contributed by atoms with van der Waals surface area (Å²) in [6.07, 6.45) is 0. The monoisotopic (exact) mass is 409 g/mol. The van der Waals surface area contributed by atoms with Crippen molar-refractivity contribution in [1.82, 2.24) is 14.9 Å². The molecule has 3 aromatic rings. The molecule has 0 bridgehead atoms. The number of anilines is 1. The molecule has 1 heterocycles. The van der Waals surface area contributed by atoms with Crippen LogP contribution in [0.4, 0.5) is 14.5 Å². The highest BCUT2D eigenvalue weighted by Gasteiger charge is 2.21. The first-order chi connectivity index (χ1) is 12.8.